The standard InChI is InChI=1S/C18H16ClFN4O3S2/c1-28-18-16(29(26,27)12-5-3-2-4-6-12)17(21)24(23-18)10-15(25)22-14-8-7-11(20)9-13(14)19/h2-9H,10,21H2,1H3,(H,22,25). The van der Waals surface area contributed by atoms with Gasteiger partial charge in [0.1, 0.15) is 28.1 Å². The highest BCUT2D eigenvalue weighted by molar-refractivity contribution is 7.99. The molecule has 1 aromatic heterocycles. The number of thioether (sulfide) groups is 1. The summed E-state index contributed by atoms with van der Waals surface area (Å²) in [5.41, 5.74) is 6.26. The van der Waals surface area contributed by atoms with Crippen molar-refractivity contribution in [3.63, 3.8) is 0 Å². The quantitative estimate of drug-likeness (QED) is 0.552. The number of hydrogen-bond donors (Lipinski definition) is 2. The molecule has 0 aliphatic heterocycles. The van der Waals surface area contributed by atoms with E-state index in [2.05, 4.69) is 10.4 Å². The summed E-state index contributed by atoms with van der Waals surface area (Å²) in [4.78, 5) is 12.3. The van der Waals surface area contributed by atoms with Gasteiger partial charge >= 0.3 is 0 Å². The third-order valence-electron chi connectivity index (χ3n) is 3.93. The number of anilines is 2. The molecule has 0 radical (unpaired) electrons. The van der Waals surface area contributed by atoms with Crippen molar-refractivity contribution in [2.75, 3.05) is 17.3 Å². The Bertz CT molecular complexity index is 1170. The van der Waals surface area contributed by atoms with Gasteiger partial charge in [0.15, 0.2) is 0 Å². The first kappa shape index (κ1) is 21.2. The molecular weight excluding hydrogens is 439 g/mol. The predicted molar refractivity (Wildman–Crippen MR) is 110 cm³/mol. The molecule has 0 saturated heterocycles. The first-order valence-electron chi connectivity index (χ1n) is 8.19. The molecule has 0 spiro atoms. The summed E-state index contributed by atoms with van der Waals surface area (Å²) in [6, 6.07) is 11.4. The SMILES string of the molecule is CSc1nn(CC(=O)Nc2ccc(F)cc2Cl)c(N)c1S(=O)(=O)c1ccccc1. The molecule has 0 unspecified atom stereocenters. The zero-order valence-electron chi connectivity index (χ0n) is 15.1. The van der Waals surface area contributed by atoms with Crippen LogP contribution >= 0.6 is 23.4 Å². The molecule has 0 fully saturated rings. The second-order valence-electron chi connectivity index (χ2n) is 5.87. The van der Waals surface area contributed by atoms with Gasteiger partial charge in [-0.05, 0) is 36.6 Å². The number of nitrogens with one attached hydrogen (secondary N) is 1. The van der Waals surface area contributed by atoms with Gasteiger partial charge in [-0.3, -0.25) is 4.79 Å². The van der Waals surface area contributed by atoms with Gasteiger partial charge in [0.2, 0.25) is 15.7 Å². The smallest absolute Gasteiger partial charge is 0.246 e. The maximum absolute atomic E-state index is 13.1. The van der Waals surface area contributed by atoms with Crippen molar-refractivity contribution in [1.82, 2.24) is 9.78 Å². The van der Waals surface area contributed by atoms with E-state index >= 15 is 0 Å². The summed E-state index contributed by atoms with van der Waals surface area (Å²) in [6.45, 7) is -0.350. The van der Waals surface area contributed by atoms with E-state index in [1.165, 1.54) is 18.2 Å². The summed E-state index contributed by atoms with van der Waals surface area (Å²) in [6.07, 6.45) is 1.66. The normalized spacial score (nSPS) is 11.4. The molecule has 29 heavy (non-hydrogen) atoms. The number of sulfone groups is 1. The Hall–Kier alpha value is -2.56. The molecular formula is C18H16ClFN4O3S2. The average molecular weight is 455 g/mol. The fourth-order valence-corrected chi connectivity index (χ4v) is 5.24. The number of hydrogen-bond acceptors (Lipinski definition) is 6. The molecule has 3 rings (SSSR count). The molecule has 3 N–H and O–H groups in total. The summed E-state index contributed by atoms with van der Waals surface area (Å²) in [5, 5.41) is 6.89. The summed E-state index contributed by atoms with van der Waals surface area (Å²) >= 11 is 7.00. The molecule has 0 saturated carbocycles. The maximum atomic E-state index is 13.1. The van der Waals surface area contributed by atoms with Crippen LogP contribution in [-0.4, -0.2) is 30.4 Å². The molecule has 0 bridgehead atoms. The minimum absolute atomic E-state index is 0.0314. The third-order valence-corrected chi connectivity index (χ3v) is 6.88. The Labute approximate surface area is 176 Å². The highest BCUT2D eigenvalue weighted by Crippen LogP contribution is 2.34. The molecule has 1 heterocycles. The number of carbonyl (C=O) groups is 1. The van der Waals surface area contributed by atoms with Gasteiger partial charge in [-0.25, -0.2) is 17.5 Å². The molecule has 0 aliphatic carbocycles. The minimum Gasteiger partial charge on any atom is -0.383 e. The van der Waals surface area contributed by atoms with Crippen molar-refractivity contribution in [1.29, 1.82) is 0 Å². The molecule has 0 aliphatic rings. The lowest BCUT2D eigenvalue weighted by atomic mass is 10.3. The highest BCUT2D eigenvalue weighted by Gasteiger charge is 2.29. The maximum Gasteiger partial charge on any atom is 0.246 e. The van der Waals surface area contributed by atoms with Crippen molar-refractivity contribution in [2.24, 2.45) is 0 Å². The lowest BCUT2D eigenvalue weighted by Crippen LogP contribution is -2.21. The number of rotatable bonds is 6. The fourth-order valence-electron chi connectivity index (χ4n) is 2.58. The molecule has 7 nitrogen and oxygen atoms in total. The van der Waals surface area contributed by atoms with Crippen molar-refractivity contribution < 1.29 is 17.6 Å². The number of nitrogen functional groups attached to an aromatic ring is 1. The fraction of sp³-hybridized carbons (Fsp3) is 0.111. The number of amides is 1. The van der Waals surface area contributed by atoms with E-state index in [0.717, 1.165) is 28.6 Å². The van der Waals surface area contributed by atoms with E-state index in [-0.39, 0.29) is 37.9 Å². The zero-order valence-corrected chi connectivity index (χ0v) is 17.5. The predicted octanol–water partition coefficient (Wildman–Crippen LogP) is 3.45. The van der Waals surface area contributed by atoms with Gasteiger partial charge in [0.25, 0.3) is 0 Å². The van der Waals surface area contributed by atoms with Crippen molar-refractivity contribution in [3.8, 4) is 0 Å². The Morgan fingerprint density at radius 2 is 1.97 bits per heavy atom. The average Bonchev–Trinajstić information content (AvgIpc) is 3.01. The van der Waals surface area contributed by atoms with Gasteiger partial charge in [-0.15, -0.1) is 11.8 Å². The van der Waals surface area contributed by atoms with Crippen molar-refractivity contribution in [2.45, 2.75) is 21.4 Å². The van der Waals surface area contributed by atoms with Gasteiger partial charge in [-0.2, -0.15) is 5.10 Å². The van der Waals surface area contributed by atoms with Gasteiger partial charge in [0, 0.05) is 0 Å². The van der Waals surface area contributed by atoms with Crippen LogP contribution in [0.2, 0.25) is 5.02 Å². The van der Waals surface area contributed by atoms with E-state index in [1.807, 2.05) is 0 Å². The lowest BCUT2D eigenvalue weighted by Gasteiger charge is -2.09. The van der Waals surface area contributed by atoms with Crippen LogP contribution in [0.5, 0.6) is 0 Å². The minimum atomic E-state index is -3.92. The van der Waals surface area contributed by atoms with E-state index in [1.54, 1.807) is 24.5 Å². The van der Waals surface area contributed by atoms with E-state index in [4.69, 9.17) is 17.3 Å². The molecule has 152 valence electrons. The largest absolute Gasteiger partial charge is 0.383 e. The Morgan fingerprint density at radius 3 is 2.59 bits per heavy atom. The Balaban J connectivity index is 1.91. The van der Waals surface area contributed by atoms with E-state index in [0.29, 0.717) is 0 Å². The monoisotopic (exact) mass is 454 g/mol. The van der Waals surface area contributed by atoms with Crippen LogP contribution in [0.1, 0.15) is 0 Å². The second-order valence-corrected chi connectivity index (χ2v) is 8.96. The summed E-state index contributed by atoms with van der Waals surface area (Å²) < 4.78 is 40.2. The van der Waals surface area contributed by atoms with Crippen LogP contribution < -0.4 is 11.1 Å². The van der Waals surface area contributed by atoms with Gasteiger partial charge < -0.3 is 11.1 Å². The number of carbonyl (C=O) groups excluding carboxylic acids is 1. The number of halogens is 2. The number of nitrogens with two attached hydrogens (primary N) is 1. The van der Waals surface area contributed by atoms with E-state index < -0.39 is 21.6 Å². The van der Waals surface area contributed by atoms with Crippen LogP contribution in [0.3, 0.4) is 0 Å². The second kappa shape index (κ2) is 8.44. The van der Waals surface area contributed by atoms with Crippen LogP contribution in [-0.2, 0) is 21.2 Å². The van der Waals surface area contributed by atoms with Crippen LogP contribution in [0.25, 0.3) is 0 Å². The van der Waals surface area contributed by atoms with Crippen LogP contribution in [0, 0.1) is 5.82 Å². The Morgan fingerprint density at radius 1 is 1.28 bits per heavy atom. The first-order valence-corrected chi connectivity index (χ1v) is 11.3. The Kier molecular flexibility index (Phi) is 6.15. The first-order chi connectivity index (χ1) is 13.7. The number of benzene rings is 2. The molecule has 3 aromatic rings. The molecule has 2 aromatic carbocycles. The summed E-state index contributed by atoms with van der Waals surface area (Å²) in [7, 11) is -3.92. The number of aromatic nitrogens is 2. The van der Waals surface area contributed by atoms with Gasteiger partial charge in [-0.1, -0.05) is 29.8 Å². The van der Waals surface area contributed by atoms with Crippen LogP contribution in [0.15, 0.2) is 63.3 Å². The van der Waals surface area contributed by atoms with E-state index in [9.17, 15) is 17.6 Å². The van der Waals surface area contributed by atoms with Gasteiger partial charge in [0.05, 0.1) is 15.6 Å². The zero-order chi connectivity index (χ0) is 21.2. The number of nitrogens with zero attached hydrogens (tertiary/aromatic N) is 2. The van der Waals surface area contributed by atoms with Crippen molar-refractivity contribution >= 4 is 50.6 Å². The highest BCUT2D eigenvalue weighted by atomic mass is 35.5. The molecule has 1 amide bonds. The van der Waals surface area contributed by atoms with Crippen LogP contribution in [0.4, 0.5) is 15.9 Å². The molecule has 0 atom stereocenters. The molecule has 11 heteroatoms. The van der Waals surface area contributed by atoms with Crippen molar-refractivity contribution in [3.05, 3.63) is 59.4 Å². The summed E-state index contributed by atoms with van der Waals surface area (Å²) in [5.74, 6) is -1.24. The lowest BCUT2D eigenvalue weighted by molar-refractivity contribution is -0.116. The topological polar surface area (TPSA) is 107 Å². The third kappa shape index (κ3) is 4.39.